The molecule has 0 aliphatic carbocycles. The van der Waals surface area contributed by atoms with E-state index in [1.54, 1.807) is 18.3 Å². The van der Waals surface area contributed by atoms with Gasteiger partial charge in [0.2, 0.25) is 0 Å². The lowest BCUT2D eigenvalue weighted by atomic mass is 10.1. The summed E-state index contributed by atoms with van der Waals surface area (Å²) < 4.78 is 5.75. The summed E-state index contributed by atoms with van der Waals surface area (Å²) in [5, 5.41) is 4.04. The molecule has 0 atom stereocenters. The summed E-state index contributed by atoms with van der Waals surface area (Å²) >= 11 is 0. The predicted octanol–water partition coefficient (Wildman–Crippen LogP) is 5.26. The van der Waals surface area contributed by atoms with Crippen molar-refractivity contribution in [1.82, 2.24) is 5.43 Å². The normalized spacial score (nSPS) is 10.9. The van der Waals surface area contributed by atoms with Crippen LogP contribution in [0.3, 0.4) is 0 Å². The minimum absolute atomic E-state index is 0.242. The Balaban J connectivity index is 1.72. The second-order valence-corrected chi connectivity index (χ2v) is 7.33. The summed E-state index contributed by atoms with van der Waals surface area (Å²) in [5.74, 6) is 0.549. The first-order chi connectivity index (χ1) is 14.1. The van der Waals surface area contributed by atoms with E-state index in [9.17, 15) is 4.79 Å². The molecule has 0 saturated carbocycles. The van der Waals surface area contributed by atoms with Crippen LogP contribution in [-0.2, 0) is 0 Å². The highest BCUT2D eigenvalue weighted by atomic mass is 16.5. The predicted molar refractivity (Wildman–Crippen MR) is 121 cm³/mol. The van der Waals surface area contributed by atoms with Crippen LogP contribution in [0, 0.1) is 0 Å². The summed E-state index contributed by atoms with van der Waals surface area (Å²) in [6.07, 6.45) is 9.07. The SMILES string of the molecule is CCCCCCCCOc1ccc(C(=O)N/N=C\c2ccc(N(C)C)cc2)cc1. The van der Waals surface area contributed by atoms with Crippen molar-refractivity contribution < 1.29 is 9.53 Å². The zero-order valence-electron chi connectivity index (χ0n) is 17.9. The molecule has 2 aromatic carbocycles. The quantitative estimate of drug-likeness (QED) is 0.303. The number of ether oxygens (including phenoxy) is 1. The fourth-order valence-corrected chi connectivity index (χ4v) is 2.86. The number of carbonyl (C=O) groups is 1. The molecular weight excluding hydrogens is 362 g/mol. The number of benzene rings is 2. The lowest BCUT2D eigenvalue weighted by Crippen LogP contribution is -2.17. The fourth-order valence-electron chi connectivity index (χ4n) is 2.86. The Morgan fingerprint density at radius 1 is 0.966 bits per heavy atom. The van der Waals surface area contributed by atoms with Gasteiger partial charge < -0.3 is 9.64 Å². The van der Waals surface area contributed by atoms with Crippen molar-refractivity contribution >= 4 is 17.8 Å². The molecule has 5 heteroatoms. The maximum atomic E-state index is 12.2. The van der Waals surface area contributed by atoms with Crippen molar-refractivity contribution in [2.75, 3.05) is 25.6 Å². The molecule has 0 bridgehead atoms. The molecule has 0 radical (unpaired) electrons. The van der Waals surface area contributed by atoms with Crippen LogP contribution in [0.1, 0.15) is 61.4 Å². The van der Waals surface area contributed by atoms with Gasteiger partial charge in [-0.3, -0.25) is 4.79 Å². The molecule has 1 amide bonds. The van der Waals surface area contributed by atoms with Crippen LogP contribution in [0.15, 0.2) is 53.6 Å². The Morgan fingerprint density at radius 3 is 2.28 bits per heavy atom. The summed E-state index contributed by atoms with van der Waals surface area (Å²) in [6, 6.07) is 15.1. The van der Waals surface area contributed by atoms with Gasteiger partial charge in [-0.15, -0.1) is 0 Å². The van der Waals surface area contributed by atoms with Crippen molar-refractivity contribution in [3.05, 3.63) is 59.7 Å². The average Bonchev–Trinajstić information content (AvgIpc) is 2.74. The van der Waals surface area contributed by atoms with E-state index in [2.05, 4.69) is 17.5 Å². The first-order valence-electron chi connectivity index (χ1n) is 10.4. The molecule has 1 N–H and O–H groups in total. The van der Waals surface area contributed by atoms with Gasteiger partial charge in [0, 0.05) is 25.3 Å². The minimum Gasteiger partial charge on any atom is -0.494 e. The smallest absolute Gasteiger partial charge is 0.271 e. The molecule has 0 saturated heterocycles. The van der Waals surface area contributed by atoms with E-state index in [1.807, 2.05) is 55.4 Å². The molecule has 0 aromatic heterocycles. The van der Waals surface area contributed by atoms with Crippen LogP contribution in [0.4, 0.5) is 5.69 Å². The van der Waals surface area contributed by atoms with E-state index in [0.29, 0.717) is 12.2 Å². The van der Waals surface area contributed by atoms with Gasteiger partial charge in [-0.25, -0.2) is 5.43 Å². The number of hydrazone groups is 1. The highest BCUT2D eigenvalue weighted by molar-refractivity contribution is 5.95. The zero-order chi connectivity index (χ0) is 20.9. The molecule has 0 aliphatic rings. The Kier molecular flexibility index (Phi) is 9.76. The molecule has 0 unspecified atom stereocenters. The fraction of sp³-hybridized carbons (Fsp3) is 0.417. The highest BCUT2D eigenvalue weighted by Crippen LogP contribution is 2.14. The molecule has 0 heterocycles. The second-order valence-electron chi connectivity index (χ2n) is 7.33. The van der Waals surface area contributed by atoms with Crippen LogP contribution >= 0.6 is 0 Å². The summed E-state index contributed by atoms with van der Waals surface area (Å²) in [7, 11) is 3.99. The van der Waals surface area contributed by atoms with Gasteiger partial charge in [-0.05, 0) is 48.4 Å². The van der Waals surface area contributed by atoms with Crippen LogP contribution in [0.2, 0.25) is 0 Å². The third-order valence-electron chi connectivity index (χ3n) is 4.67. The van der Waals surface area contributed by atoms with Gasteiger partial charge in [0.15, 0.2) is 0 Å². The van der Waals surface area contributed by atoms with Crippen LogP contribution < -0.4 is 15.1 Å². The molecule has 156 valence electrons. The number of unbranched alkanes of at least 4 members (excludes halogenated alkanes) is 5. The van der Waals surface area contributed by atoms with E-state index >= 15 is 0 Å². The van der Waals surface area contributed by atoms with Crippen molar-refractivity contribution in [3.63, 3.8) is 0 Å². The number of anilines is 1. The summed E-state index contributed by atoms with van der Waals surface area (Å²) in [4.78, 5) is 14.2. The topological polar surface area (TPSA) is 53.9 Å². The van der Waals surface area contributed by atoms with E-state index in [-0.39, 0.29) is 5.91 Å². The van der Waals surface area contributed by atoms with Crippen molar-refractivity contribution in [2.45, 2.75) is 45.4 Å². The Bertz CT molecular complexity index is 753. The standard InChI is InChI=1S/C24H33N3O2/c1-4-5-6-7-8-9-18-29-23-16-12-21(13-17-23)24(28)26-25-19-20-10-14-22(15-11-20)27(2)3/h10-17,19H,4-9,18H2,1-3H3,(H,26,28)/b25-19-. The van der Waals surface area contributed by atoms with Gasteiger partial charge in [-0.2, -0.15) is 5.10 Å². The largest absolute Gasteiger partial charge is 0.494 e. The highest BCUT2D eigenvalue weighted by Gasteiger charge is 2.04. The molecule has 2 aromatic rings. The third-order valence-corrected chi connectivity index (χ3v) is 4.67. The molecule has 29 heavy (non-hydrogen) atoms. The van der Waals surface area contributed by atoms with Crippen molar-refractivity contribution in [1.29, 1.82) is 0 Å². The lowest BCUT2D eigenvalue weighted by Gasteiger charge is -2.11. The van der Waals surface area contributed by atoms with Gasteiger partial charge in [-0.1, -0.05) is 51.2 Å². The number of nitrogens with zero attached hydrogens (tertiary/aromatic N) is 2. The Morgan fingerprint density at radius 2 is 1.62 bits per heavy atom. The number of carbonyl (C=O) groups excluding carboxylic acids is 1. The number of nitrogens with one attached hydrogen (secondary N) is 1. The van der Waals surface area contributed by atoms with Crippen molar-refractivity contribution in [2.24, 2.45) is 5.10 Å². The first-order valence-corrected chi connectivity index (χ1v) is 10.4. The minimum atomic E-state index is -0.242. The van der Waals surface area contributed by atoms with Crippen molar-refractivity contribution in [3.8, 4) is 5.75 Å². The second kappa shape index (κ2) is 12.6. The molecular formula is C24H33N3O2. The Hall–Kier alpha value is -2.82. The number of amides is 1. The van der Waals surface area contributed by atoms with E-state index < -0.39 is 0 Å². The van der Waals surface area contributed by atoms with E-state index in [4.69, 9.17) is 4.74 Å². The van der Waals surface area contributed by atoms with E-state index in [0.717, 1.165) is 23.4 Å². The lowest BCUT2D eigenvalue weighted by molar-refractivity contribution is 0.0955. The van der Waals surface area contributed by atoms with E-state index in [1.165, 1.54) is 32.1 Å². The van der Waals surface area contributed by atoms with Crippen LogP contribution in [0.25, 0.3) is 0 Å². The van der Waals surface area contributed by atoms with Gasteiger partial charge in [0.05, 0.1) is 12.8 Å². The number of hydrogen-bond donors (Lipinski definition) is 1. The van der Waals surface area contributed by atoms with Crippen LogP contribution in [-0.4, -0.2) is 32.8 Å². The number of rotatable bonds is 12. The summed E-state index contributed by atoms with van der Waals surface area (Å²) in [5.41, 5.74) is 5.15. The molecule has 0 fully saturated rings. The maximum Gasteiger partial charge on any atom is 0.271 e. The zero-order valence-corrected chi connectivity index (χ0v) is 17.9. The van der Waals surface area contributed by atoms with Gasteiger partial charge in [0.1, 0.15) is 5.75 Å². The molecule has 0 aliphatic heterocycles. The average molecular weight is 396 g/mol. The molecule has 2 rings (SSSR count). The Labute approximate surface area is 174 Å². The number of hydrogen-bond acceptors (Lipinski definition) is 4. The van der Waals surface area contributed by atoms with Gasteiger partial charge in [0.25, 0.3) is 5.91 Å². The van der Waals surface area contributed by atoms with Crippen LogP contribution in [0.5, 0.6) is 5.75 Å². The molecule has 5 nitrogen and oxygen atoms in total. The molecule has 0 spiro atoms. The summed E-state index contributed by atoms with van der Waals surface area (Å²) in [6.45, 7) is 2.94. The van der Waals surface area contributed by atoms with Gasteiger partial charge >= 0.3 is 0 Å². The third kappa shape index (κ3) is 8.38. The monoisotopic (exact) mass is 395 g/mol. The maximum absolute atomic E-state index is 12.2. The first kappa shape index (κ1) is 22.5.